The number of hydrogen-bond donors (Lipinski definition) is 2. The highest BCUT2D eigenvalue weighted by Crippen LogP contribution is 2.24. The van der Waals surface area contributed by atoms with Gasteiger partial charge in [-0.25, -0.2) is 8.78 Å². The third kappa shape index (κ3) is 3.53. The Hall–Kier alpha value is -1.73. The molecule has 1 aromatic rings. The molecule has 0 aromatic heterocycles. The Bertz CT molecular complexity index is 587. The lowest BCUT2D eigenvalue weighted by atomic mass is 10.0. The normalized spacial score (nSPS) is 19.1. The zero-order chi connectivity index (χ0) is 16.4. The summed E-state index contributed by atoms with van der Waals surface area (Å²) < 4.78 is 27.2. The number of benzene rings is 1. The van der Waals surface area contributed by atoms with Crippen LogP contribution in [0.4, 0.5) is 14.5 Å². The van der Waals surface area contributed by atoms with Gasteiger partial charge in [0.15, 0.2) is 11.6 Å². The highest BCUT2D eigenvalue weighted by atomic mass is 35.5. The standard InChI is InChI=1S/C14H15ClF2N2O3/c1-7(20)8-2-3-19(6-8)14(22)13(21)18-12-10(16)4-9(15)5-11(12)17/h4-5,7-8,20H,2-3,6H2,1H3,(H,18,21). The Kier molecular flexibility index (Phi) is 4.97. The minimum absolute atomic E-state index is 0.110. The van der Waals surface area contributed by atoms with Crippen molar-refractivity contribution in [3.63, 3.8) is 0 Å². The van der Waals surface area contributed by atoms with E-state index in [0.717, 1.165) is 12.1 Å². The minimum atomic E-state index is -1.13. The predicted octanol–water partition coefficient (Wildman–Crippen LogP) is 1.79. The van der Waals surface area contributed by atoms with Gasteiger partial charge in [0.2, 0.25) is 0 Å². The number of likely N-dealkylation sites (tertiary alicyclic amines) is 1. The molecule has 1 heterocycles. The SMILES string of the molecule is CC(O)C1CCN(C(=O)C(=O)Nc2c(F)cc(Cl)cc2F)C1. The lowest BCUT2D eigenvalue weighted by Crippen LogP contribution is -2.39. The third-order valence-electron chi connectivity index (χ3n) is 3.63. The van der Waals surface area contributed by atoms with Gasteiger partial charge in [-0.2, -0.15) is 0 Å². The Labute approximate surface area is 130 Å². The van der Waals surface area contributed by atoms with Crippen LogP contribution < -0.4 is 5.32 Å². The van der Waals surface area contributed by atoms with Crippen LogP contribution in [0.2, 0.25) is 5.02 Å². The fourth-order valence-corrected chi connectivity index (χ4v) is 2.53. The summed E-state index contributed by atoms with van der Waals surface area (Å²) in [5, 5.41) is 11.2. The number of nitrogens with one attached hydrogen (secondary N) is 1. The number of amides is 2. The molecule has 1 aromatic carbocycles. The maximum absolute atomic E-state index is 13.6. The number of aliphatic hydroxyl groups is 1. The van der Waals surface area contributed by atoms with E-state index in [-0.39, 0.29) is 17.5 Å². The minimum Gasteiger partial charge on any atom is -0.393 e. The average Bonchev–Trinajstić information content (AvgIpc) is 2.91. The maximum Gasteiger partial charge on any atom is 0.314 e. The van der Waals surface area contributed by atoms with E-state index in [0.29, 0.717) is 13.0 Å². The van der Waals surface area contributed by atoms with Crippen LogP contribution in [0.1, 0.15) is 13.3 Å². The van der Waals surface area contributed by atoms with Gasteiger partial charge in [-0.1, -0.05) is 11.6 Å². The van der Waals surface area contributed by atoms with Gasteiger partial charge < -0.3 is 15.3 Å². The molecule has 0 spiro atoms. The van der Waals surface area contributed by atoms with Crippen molar-refractivity contribution in [1.82, 2.24) is 4.90 Å². The van der Waals surface area contributed by atoms with Crippen LogP contribution in [-0.4, -0.2) is 41.0 Å². The van der Waals surface area contributed by atoms with Crippen molar-refractivity contribution >= 4 is 29.1 Å². The van der Waals surface area contributed by atoms with Gasteiger partial charge in [-0.3, -0.25) is 9.59 Å². The van der Waals surface area contributed by atoms with E-state index < -0.39 is 35.2 Å². The van der Waals surface area contributed by atoms with E-state index >= 15 is 0 Å². The van der Waals surface area contributed by atoms with Crippen LogP contribution in [0.15, 0.2) is 12.1 Å². The number of carbonyl (C=O) groups is 2. The molecule has 2 atom stereocenters. The second kappa shape index (κ2) is 6.58. The number of aliphatic hydroxyl groups excluding tert-OH is 1. The van der Waals surface area contributed by atoms with Crippen LogP contribution >= 0.6 is 11.6 Å². The molecule has 1 aliphatic rings. The number of nitrogens with zero attached hydrogens (tertiary/aromatic N) is 1. The van der Waals surface area contributed by atoms with Crippen LogP contribution in [0.3, 0.4) is 0 Å². The maximum atomic E-state index is 13.6. The van der Waals surface area contributed by atoms with Crippen LogP contribution in [0.25, 0.3) is 0 Å². The van der Waals surface area contributed by atoms with Gasteiger partial charge in [0, 0.05) is 24.0 Å². The van der Waals surface area contributed by atoms with E-state index in [1.165, 1.54) is 4.90 Å². The van der Waals surface area contributed by atoms with E-state index in [1.807, 2.05) is 5.32 Å². The molecule has 0 aliphatic carbocycles. The van der Waals surface area contributed by atoms with Gasteiger partial charge in [-0.15, -0.1) is 0 Å². The van der Waals surface area contributed by atoms with Crippen molar-refractivity contribution in [1.29, 1.82) is 0 Å². The number of hydrogen-bond acceptors (Lipinski definition) is 3. The molecule has 2 unspecified atom stereocenters. The van der Waals surface area contributed by atoms with Gasteiger partial charge in [0.1, 0.15) is 5.69 Å². The summed E-state index contributed by atoms with van der Waals surface area (Å²) in [4.78, 5) is 25.1. The summed E-state index contributed by atoms with van der Waals surface area (Å²) in [7, 11) is 0. The summed E-state index contributed by atoms with van der Waals surface area (Å²) in [6.45, 7) is 2.15. The largest absolute Gasteiger partial charge is 0.393 e. The van der Waals surface area contributed by atoms with Crippen molar-refractivity contribution < 1.29 is 23.5 Å². The zero-order valence-corrected chi connectivity index (χ0v) is 12.5. The highest BCUT2D eigenvalue weighted by Gasteiger charge is 2.32. The molecule has 1 fully saturated rings. The Morgan fingerprint density at radius 1 is 1.41 bits per heavy atom. The summed E-state index contributed by atoms with van der Waals surface area (Å²) in [6, 6.07) is 1.67. The highest BCUT2D eigenvalue weighted by molar-refractivity contribution is 6.39. The molecule has 5 nitrogen and oxygen atoms in total. The predicted molar refractivity (Wildman–Crippen MR) is 76.4 cm³/mol. The fraction of sp³-hybridized carbons (Fsp3) is 0.429. The van der Waals surface area contributed by atoms with E-state index in [1.54, 1.807) is 6.92 Å². The molecule has 1 saturated heterocycles. The Morgan fingerprint density at radius 2 is 2.00 bits per heavy atom. The fourth-order valence-electron chi connectivity index (χ4n) is 2.34. The molecular formula is C14H15ClF2N2O3. The molecule has 2 N–H and O–H groups in total. The van der Waals surface area contributed by atoms with Crippen LogP contribution in [-0.2, 0) is 9.59 Å². The van der Waals surface area contributed by atoms with Crippen molar-refractivity contribution in [3.8, 4) is 0 Å². The molecule has 1 aliphatic heterocycles. The Morgan fingerprint density at radius 3 is 2.50 bits per heavy atom. The molecule has 2 rings (SSSR count). The lowest BCUT2D eigenvalue weighted by Gasteiger charge is -2.17. The first-order chi connectivity index (χ1) is 10.3. The van der Waals surface area contributed by atoms with Gasteiger partial charge in [0.25, 0.3) is 0 Å². The van der Waals surface area contributed by atoms with Crippen molar-refractivity contribution in [2.45, 2.75) is 19.4 Å². The molecule has 0 saturated carbocycles. The average molecular weight is 333 g/mol. The number of anilines is 1. The molecular weight excluding hydrogens is 318 g/mol. The lowest BCUT2D eigenvalue weighted by molar-refractivity contribution is -0.142. The number of halogens is 3. The zero-order valence-electron chi connectivity index (χ0n) is 11.8. The molecule has 2 amide bonds. The molecule has 0 bridgehead atoms. The topological polar surface area (TPSA) is 69.6 Å². The van der Waals surface area contributed by atoms with Gasteiger partial charge in [0.05, 0.1) is 6.10 Å². The van der Waals surface area contributed by atoms with Crippen molar-refractivity contribution in [3.05, 3.63) is 28.8 Å². The molecule has 22 heavy (non-hydrogen) atoms. The third-order valence-corrected chi connectivity index (χ3v) is 3.85. The first-order valence-corrected chi connectivity index (χ1v) is 7.10. The summed E-state index contributed by atoms with van der Waals surface area (Å²) >= 11 is 5.48. The number of carbonyl (C=O) groups excluding carboxylic acids is 2. The van der Waals surface area contributed by atoms with Gasteiger partial charge >= 0.3 is 11.8 Å². The molecule has 120 valence electrons. The van der Waals surface area contributed by atoms with Crippen LogP contribution in [0.5, 0.6) is 0 Å². The smallest absolute Gasteiger partial charge is 0.314 e. The first-order valence-electron chi connectivity index (χ1n) is 6.72. The van der Waals surface area contributed by atoms with Crippen molar-refractivity contribution in [2.75, 3.05) is 18.4 Å². The van der Waals surface area contributed by atoms with E-state index in [9.17, 15) is 23.5 Å². The Balaban J connectivity index is 2.06. The van der Waals surface area contributed by atoms with E-state index in [2.05, 4.69) is 0 Å². The second-order valence-corrected chi connectivity index (χ2v) is 5.68. The number of rotatable bonds is 2. The second-order valence-electron chi connectivity index (χ2n) is 5.24. The van der Waals surface area contributed by atoms with Crippen molar-refractivity contribution in [2.24, 2.45) is 5.92 Å². The summed E-state index contributed by atoms with van der Waals surface area (Å²) in [5.74, 6) is -4.26. The first kappa shape index (κ1) is 16.6. The van der Waals surface area contributed by atoms with Crippen LogP contribution in [0, 0.1) is 17.6 Å². The quantitative estimate of drug-likeness (QED) is 0.811. The molecule has 0 radical (unpaired) electrons. The summed E-state index contributed by atoms with van der Waals surface area (Å²) in [6.07, 6.45) is -0.0209. The summed E-state index contributed by atoms with van der Waals surface area (Å²) in [5.41, 5.74) is -0.714. The molecule has 8 heteroatoms. The van der Waals surface area contributed by atoms with Gasteiger partial charge in [-0.05, 0) is 25.5 Å². The monoisotopic (exact) mass is 332 g/mol. The van der Waals surface area contributed by atoms with E-state index in [4.69, 9.17) is 11.6 Å².